The predicted molar refractivity (Wildman–Crippen MR) is 143 cm³/mol. The molecule has 4 rings (SSSR count). The molecule has 1 aliphatic heterocycles. The van der Waals surface area contributed by atoms with E-state index < -0.39 is 27.9 Å². The Hall–Kier alpha value is -3.54. The maximum absolute atomic E-state index is 13.2. The minimum atomic E-state index is -3.76. The number of fused-ring (bicyclic) bond motifs is 1. The van der Waals surface area contributed by atoms with Gasteiger partial charge in [0.15, 0.2) is 0 Å². The maximum Gasteiger partial charge on any atom is 0.348 e. The van der Waals surface area contributed by atoms with Gasteiger partial charge in [0, 0.05) is 18.7 Å². The van der Waals surface area contributed by atoms with Crippen LogP contribution in [0.25, 0.3) is 0 Å². The molecule has 0 atom stereocenters. The van der Waals surface area contributed by atoms with Crippen molar-refractivity contribution in [3.05, 3.63) is 81.2 Å². The number of hydrogen-bond donors (Lipinski definition) is 1. The highest BCUT2D eigenvalue weighted by molar-refractivity contribution is 7.89. The molecule has 0 spiro atoms. The Kier molecular flexibility index (Phi) is 8.29. The van der Waals surface area contributed by atoms with Crippen LogP contribution < -0.4 is 5.32 Å². The molecular weight excluding hydrogens is 528 g/mol. The maximum atomic E-state index is 13.2. The molecule has 0 saturated carbocycles. The summed E-state index contributed by atoms with van der Waals surface area (Å²) in [5.41, 5.74) is 2.74. The number of sulfonamides is 1. The van der Waals surface area contributed by atoms with E-state index in [4.69, 9.17) is 9.47 Å². The van der Waals surface area contributed by atoms with Crippen molar-refractivity contribution in [3.63, 3.8) is 0 Å². The lowest BCUT2D eigenvalue weighted by molar-refractivity contribution is 0.0527. The standard InChI is InChI=1S/C27H28N2O7S2/c1-4-35-26(31)22-17(3)23(27(32)36-5-2)37-25(22)28-24(30)19-10-12-21(13-11-19)38(33,34)29-15-14-18-8-6-7-9-20(18)16-29/h6-13H,4-5,14-16H2,1-3H3,(H,28,30). The van der Waals surface area contributed by atoms with Gasteiger partial charge in [0.2, 0.25) is 10.0 Å². The fourth-order valence-electron chi connectivity index (χ4n) is 4.22. The number of ether oxygens (including phenoxy) is 2. The Morgan fingerprint density at radius 3 is 2.24 bits per heavy atom. The second kappa shape index (κ2) is 11.5. The molecule has 1 aromatic heterocycles. The van der Waals surface area contributed by atoms with Crippen LogP contribution in [0, 0.1) is 6.92 Å². The van der Waals surface area contributed by atoms with Gasteiger partial charge >= 0.3 is 11.9 Å². The molecule has 38 heavy (non-hydrogen) atoms. The van der Waals surface area contributed by atoms with Crippen molar-refractivity contribution in [2.75, 3.05) is 25.1 Å². The third kappa shape index (κ3) is 5.50. The van der Waals surface area contributed by atoms with Crippen molar-refractivity contribution in [1.82, 2.24) is 4.31 Å². The van der Waals surface area contributed by atoms with Crippen molar-refractivity contribution in [1.29, 1.82) is 0 Å². The zero-order valence-corrected chi connectivity index (χ0v) is 22.9. The highest BCUT2D eigenvalue weighted by atomic mass is 32.2. The largest absolute Gasteiger partial charge is 0.462 e. The first-order valence-corrected chi connectivity index (χ1v) is 14.4. The van der Waals surface area contributed by atoms with Gasteiger partial charge in [-0.2, -0.15) is 4.31 Å². The predicted octanol–water partition coefficient (Wildman–Crippen LogP) is 4.41. The smallest absolute Gasteiger partial charge is 0.348 e. The van der Waals surface area contributed by atoms with E-state index in [1.54, 1.807) is 20.8 Å². The molecule has 11 heteroatoms. The summed E-state index contributed by atoms with van der Waals surface area (Å²) in [5, 5.41) is 2.82. The Morgan fingerprint density at radius 1 is 0.947 bits per heavy atom. The van der Waals surface area contributed by atoms with Crippen LogP contribution in [0.2, 0.25) is 0 Å². The normalized spacial score (nSPS) is 13.4. The molecule has 1 aliphatic rings. The summed E-state index contributed by atoms with van der Waals surface area (Å²) in [6.07, 6.45) is 0.632. The molecule has 2 heterocycles. The Bertz CT molecular complexity index is 1480. The Labute approximate surface area is 225 Å². The van der Waals surface area contributed by atoms with E-state index in [-0.39, 0.29) is 45.7 Å². The number of anilines is 1. The van der Waals surface area contributed by atoms with Crippen LogP contribution in [-0.2, 0) is 32.5 Å². The van der Waals surface area contributed by atoms with Crippen molar-refractivity contribution in [2.24, 2.45) is 0 Å². The van der Waals surface area contributed by atoms with Gasteiger partial charge in [0.1, 0.15) is 9.88 Å². The number of amides is 1. The molecule has 200 valence electrons. The fraction of sp³-hybridized carbons (Fsp3) is 0.296. The van der Waals surface area contributed by atoms with Crippen LogP contribution in [0.15, 0.2) is 53.4 Å². The number of carbonyl (C=O) groups excluding carboxylic acids is 3. The molecule has 0 unspecified atom stereocenters. The van der Waals surface area contributed by atoms with Crippen molar-refractivity contribution in [3.8, 4) is 0 Å². The van der Waals surface area contributed by atoms with Crippen LogP contribution in [0.4, 0.5) is 5.00 Å². The van der Waals surface area contributed by atoms with Gasteiger partial charge < -0.3 is 14.8 Å². The fourth-order valence-corrected chi connectivity index (χ4v) is 6.72. The zero-order valence-electron chi connectivity index (χ0n) is 21.3. The average Bonchev–Trinajstić information content (AvgIpc) is 3.24. The molecule has 0 bridgehead atoms. The van der Waals surface area contributed by atoms with E-state index in [1.165, 1.54) is 28.6 Å². The number of thiophene rings is 1. The zero-order chi connectivity index (χ0) is 27.4. The van der Waals surface area contributed by atoms with Crippen molar-refractivity contribution >= 4 is 44.2 Å². The molecule has 0 saturated heterocycles. The highest BCUT2D eigenvalue weighted by Gasteiger charge is 2.29. The van der Waals surface area contributed by atoms with Crippen LogP contribution >= 0.6 is 11.3 Å². The SMILES string of the molecule is CCOC(=O)c1sc(NC(=O)c2ccc(S(=O)(=O)N3CCc4ccccc4C3)cc2)c(C(=O)OCC)c1C. The highest BCUT2D eigenvalue weighted by Crippen LogP contribution is 2.35. The summed E-state index contributed by atoms with van der Waals surface area (Å²) >= 11 is 0.922. The van der Waals surface area contributed by atoms with E-state index in [1.807, 2.05) is 24.3 Å². The number of rotatable bonds is 8. The number of esters is 2. The molecular formula is C27H28N2O7S2. The summed E-state index contributed by atoms with van der Waals surface area (Å²) < 4.78 is 38.1. The van der Waals surface area contributed by atoms with Crippen molar-refractivity contribution < 1.29 is 32.3 Å². The molecule has 1 N–H and O–H groups in total. The van der Waals surface area contributed by atoms with Gasteiger partial charge in [-0.15, -0.1) is 11.3 Å². The lowest BCUT2D eigenvalue weighted by atomic mass is 10.0. The molecule has 9 nitrogen and oxygen atoms in total. The summed E-state index contributed by atoms with van der Waals surface area (Å²) in [7, 11) is -3.76. The van der Waals surface area contributed by atoms with Crippen LogP contribution in [0.3, 0.4) is 0 Å². The monoisotopic (exact) mass is 556 g/mol. The Morgan fingerprint density at radius 2 is 1.58 bits per heavy atom. The van der Waals surface area contributed by atoms with Gasteiger partial charge in [-0.25, -0.2) is 18.0 Å². The quantitative estimate of drug-likeness (QED) is 0.408. The third-order valence-electron chi connectivity index (χ3n) is 6.16. The number of nitrogens with zero attached hydrogens (tertiary/aromatic N) is 1. The number of carbonyl (C=O) groups is 3. The van der Waals surface area contributed by atoms with E-state index in [0.29, 0.717) is 18.5 Å². The van der Waals surface area contributed by atoms with Gasteiger partial charge in [-0.05, 0) is 68.1 Å². The van der Waals surface area contributed by atoms with E-state index in [9.17, 15) is 22.8 Å². The second-order valence-corrected chi connectivity index (χ2v) is 11.5. The summed E-state index contributed by atoms with van der Waals surface area (Å²) in [4.78, 5) is 38.3. The number of benzene rings is 2. The molecule has 1 amide bonds. The topological polar surface area (TPSA) is 119 Å². The number of hydrogen-bond acceptors (Lipinski definition) is 8. The lowest BCUT2D eigenvalue weighted by Gasteiger charge is -2.28. The number of nitrogens with one attached hydrogen (secondary N) is 1. The van der Waals surface area contributed by atoms with Crippen LogP contribution in [0.1, 0.15) is 60.9 Å². The van der Waals surface area contributed by atoms with E-state index >= 15 is 0 Å². The first-order valence-electron chi connectivity index (χ1n) is 12.1. The minimum Gasteiger partial charge on any atom is -0.462 e. The van der Waals surface area contributed by atoms with E-state index in [0.717, 1.165) is 22.5 Å². The molecule has 3 aromatic rings. The first-order chi connectivity index (χ1) is 18.2. The third-order valence-corrected chi connectivity index (χ3v) is 9.21. The first kappa shape index (κ1) is 27.5. The molecule has 2 aromatic carbocycles. The summed E-state index contributed by atoms with van der Waals surface area (Å²) in [5.74, 6) is -1.84. The second-order valence-electron chi connectivity index (χ2n) is 8.54. The average molecular weight is 557 g/mol. The van der Waals surface area contributed by atoms with Crippen LogP contribution in [0.5, 0.6) is 0 Å². The Balaban J connectivity index is 1.55. The van der Waals surface area contributed by atoms with Gasteiger partial charge in [-0.3, -0.25) is 4.79 Å². The summed E-state index contributed by atoms with van der Waals surface area (Å²) in [6, 6.07) is 13.4. The van der Waals surface area contributed by atoms with Gasteiger partial charge in [-0.1, -0.05) is 24.3 Å². The molecule has 0 aliphatic carbocycles. The van der Waals surface area contributed by atoms with Crippen LogP contribution in [-0.4, -0.2) is 50.3 Å². The van der Waals surface area contributed by atoms with Gasteiger partial charge in [0.05, 0.1) is 23.7 Å². The lowest BCUT2D eigenvalue weighted by Crippen LogP contribution is -2.35. The molecule has 0 radical (unpaired) electrons. The van der Waals surface area contributed by atoms with E-state index in [2.05, 4.69) is 5.32 Å². The van der Waals surface area contributed by atoms with Gasteiger partial charge in [0.25, 0.3) is 5.91 Å². The van der Waals surface area contributed by atoms with Crippen molar-refractivity contribution in [2.45, 2.75) is 38.6 Å². The summed E-state index contributed by atoms with van der Waals surface area (Å²) in [6.45, 7) is 5.85. The minimum absolute atomic E-state index is 0.0807. The molecule has 0 fully saturated rings.